The van der Waals surface area contributed by atoms with Gasteiger partial charge in [0.1, 0.15) is 0 Å². The molecule has 0 heterocycles. The molecule has 0 saturated carbocycles. The maximum Gasteiger partial charge on any atom is 0.226 e. The van der Waals surface area contributed by atoms with Gasteiger partial charge in [0.15, 0.2) is 16.6 Å². The number of benzene rings is 1. The molecule has 0 bridgehead atoms. The Hall–Kier alpha value is -1.82. The third-order valence-corrected chi connectivity index (χ3v) is 2.86. The zero-order valence-electron chi connectivity index (χ0n) is 12.0. The molecule has 0 radical (unpaired) electrons. The van der Waals surface area contributed by atoms with Crippen LogP contribution in [-0.4, -0.2) is 25.2 Å². The van der Waals surface area contributed by atoms with E-state index in [0.717, 1.165) is 18.5 Å². The molecule has 1 amide bonds. The van der Waals surface area contributed by atoms with E-state index in [-0.39, 0.29) is 11.0 Å². The lowest BCUT2D eigenvalue weighted by atomic mass is 10.2. The Labute approximate surface area is 124 Å². The van der Waals surface area contributed by atoms with Crippen LogP contribution in [0.25, 0.3) is 0 Å². The molecule has 0 aliphatic heterocycles. The molecule has 5 nitrogen and oxygen atoms in total. The van der Waals surface area contributed by atoms with Crippen molar-refractivity contribution in [2.24, 2.45) is 0 Å². The summed E-state index contributed by atoms with van der Waals surface area (Å²) in [6, 6.07) is 5.32. The summed E-state index contributed by atoms with van der Waals surface area (Å²) < 4.78 is 10.3. The Morgan fingerprint density at radius 3 is 2.55 bits per heavy atom. The quantitative estimate of drug-likeness (QED) is 0.790. The summed E-state index contributed by atoms with van der Waals surface area (Å²) in [7, 11) is 3.13. The highest BCUT2D eigenvalue weighted by Crippen LogP contribution is 2.29. The van der Waals surface area contributed by atoms with Crippen LogP contribution in [0, 0.1) is 0 Å². The largest absolute Gasteiger partial charge is 0.493 e. The summed E-state index contributed by atoms with van der Waals surface area (Å²) in [5.41, 5.74) is 0.725. The highest BCUT2D eigenvalue weighted by Gasteiger charge is 2.07. The average molecular weight is 296 g/mol. The first kappa shape index (κ1) is 16.2. The van der Waals surface area contributed by atoms with Gasteiger partial charge in [-0.25, -0.2) is 0 Å². The van der Waals surface area contributed by atoms with Crippen LogP contribution in [0.2, 0.25) is 0 Å². The van der Waals surface area contributed by atoms with E-state index >= 15 is 0 Å². The molecule has 0 fully saturated rings. The second-order valence-corrected chi connectivity index (χ2v) is 4.58. The molecule has 1 aromatic carbocycles. The molecule has 20 heavy (non-hydrogen) atoms. The molecule has 0 atom stereocenters. The van der Waals surface area contributed by atoms with E-state index in [0.29, 0.717) is 17.9 Å². The van der Waals surface area contributed by atoms with Gasteiger partial charge in [0.25, 0.3) is 0 Å². The Balaban J connectivity index is 2.59. The summed E-state index contributed by atoms with van der Waals surface area (Å²) in [5.74, 6) is 1.15. The van der Waals surface area contributed by atoms with Crippen LogP contribution < -0.4 is 20.1 Å². The first-order chi connectivity index (χ1) is 9.60. The fourth-order valence-corrected chi connectivity index (χ4v) is 1.83. The molecule has 1 rings (SSSR count). The van der Waals surface area contributed by atoms with Crippen LogP contribution in [0.5, 0.6) is 11.5 Å². The zero-order valence-corrected chi connectivity index (χ0v) is 12.8. The molecule has 0 unspecified atom stereocenters. The minimum atomic E-state index is -0.0789. The number of unbranched alkanes of at least 4 members (excludes halogenated alkanes) is 1. The Morgan fingerprint density at radius 1 is 1.25 bits per heavy atom. The second kappa shape index (κ2) is 8.37. The summed E-state index contributed by atoms with van der Waals surface area (Å²) in [5, 5.41) is 5.85. The molecule has 0 aliphatic carbocycles. The van der Waals surface area contributed by atoms with Gasteiger partial charge in [-0.2, -0.15) is 0 Å². The monoisotopic (exact) mass is 296 g/mol. The smallest absolute Gasteiger partial charge is 0.226 e. The van der Waals surface area contributed by atoms with Gasteiger partial charge in [0.2, 0.25) is 5.91 Å². The Kier molecular flexibility index (Phi) is 6.79. The Morgan fingerprint density at radius 2 is 1.95 bits per heavy atom. The fourth-order valence-electron chi connectivity index (χ4n) is 1.60. The van der Waals surface area contributed by atoms with E-state index in [1.165, 1.54) is 0 Å². The predicted octanol–water partition coefficient (Wildman–Crippen LogP) is 2.71. The molecular formula is C14H20N2O3S. The molecule has 0 spiro atoms. The lowest BCUT2D eigenvalue weighted by Crippen LogP contribution is -2.33. The van der Waals surface area contributed by atoms with Crippen LogP contribution in [0.4, 0.5) is 5.69 Å². The van der Waals surface area contributed by atoms with Crippen molar-refractivity contribution in [2.75, 3.05) is 19.5 Å². The normalized spacial score (nSPS) is 9.75. The minimum Gasteiger partial charge on any atom is -0.493 e. The van der Waals surface area contributed by atoms with E-state index in [1.807, 2.05) is 6.92 Å². The SMILES string of the molecule is CCCCC(=O)NC(=S)Nc1ccc(OC)c(OC)c1. The molecular weight excluding hydrogens is 276 g/mol. The van der Waals surface area contributed by atoms with Crippen molar-refractivity contribution >= 4 is 28.9 Å². The van der Waals surface area contributed by atoms with Gasteiger partial charge in [-0.3, -0.25) is 4.79 Å². The van der Waals surface area contributed by atoms with Crippen molar-refractivity contribution in [3.05, 3.63) is 18.2 Å². The van der Waals surface area contributed by atoms with Crippen LogP contribution in [-0.2, 0) is 4.79 Å². The van der Waals surface area contributed by atoms with Gasteiger partial charge in [-0.15, -0.1) is 0 Å². The molecule has 6 heteroatoms. The first-order valence-electron chi connectivity index (χ1n) is 6.43. The average Bonchev–Trinajstić information content (AvgIpc) is 2.44. The minimum absolute atomic E-state index is 0.0789. The van der Waals surface area contributed by atoms with Crippen molar-refractivity contribution in [1.82, 2.24) is 5.32 Å². The van der Waals surface area contributed by atoms with Crippen molar-refractivity contribution in [1.29, 1.82) is 0 Å². The van der Waals surface area contributed by atoms with Gasteiger partial charge < -0.3 is 20.1 Å². The van der Waals surface area contributed by atoms with Gasteiger partial charge in [0, 0.05) is 18.2 Å². The molecule has 1 aromatic rings. The van der Waals surface area contributed by atoms with Crippen LogP contribution in [0.15, 0.2) is 18.2 Å². The number of carbonyl (C=O) groups excluding carboxylic acids is 1. The van der Waals surface area contributed by atoms with Gasteiger partial charge in [-0.1, -0.05) is 13.3 Å². The summed E-state index contributed by atoms with van der Waals surface area (Å²) >= 11 is 5.09. The Bertz CT molecular complexity index is 477. The van der Waals surface area contributed by atoms with Gasteiger partial charge in [0.05, 0.1) is 14.2 Å². The van der Waals surface area contributed by atoms with E-state index < -0.39 is 0 Å². The summed E-state index contributed by atoms with van der Waals surface area (Å²) in [6.07, 6.45) is 2.30. The van der Waals surface area contributed by atoms with E-state index in [2.05, 4.69) is 10.6 Å². The number of rotatable bonds is 6. The van der Waals surface area contributed by atoms with Crippen molar-refractivity contribution in [3.8, 4) is 11.5 Å². The summed E-state index contributed by atoms with van der Waals surface area (Å²) in [4.78, 5) is 11.5. The number of anilines is 1. The number of hydrogen-bond donors (Lipinski definition) is 2. The van der Waals surface area contributed by atoms with Crippen LogP contribution >= 0.6 is 12.2 Å². The first-order valence-corrected chi connectivity index (χ1v) is 6.84. The van der Waals surface area contributed by atoms with E-state index in [1.54, 1.807) is 32.4 Å². The number of amides is 1. The second-order valence-electron chi connectivity index (χ2n) is 4.18. The van der Waals surface area contributed by atoms with Crippen molar-refractivity contribution < 1.29 is 14.3 Å². The number of methoxy groups -OCH3 is 2. The number of hydrogen-bond acceptors (Lipinski definition) is 4. The molecule has 0 saturated heterocycles. The molecule has 0 aromatic heterocycles. The molecule has 110 valence electrons. The predicted molar refractivity (Wildman–Crippen MR) is 83.4 cm³/mol. The van der Waals surface area contributed by atoms with Gasteiger partial charge >= 0.3 is 0 Å². The van der Waals surface area contributed by atoms with Crippen LogP contribution in [0.3, 0.4) is 0 Å². The number of carbonyl (C=O) groups is 1. The lowest BCUT2D eigenvalue weighted by molar-refractivity contribution is -0.119. The maximum atomic E-state index is 11.5. The number of thiocarbonyl (C=S) groups is 1. The third kappa shape index (κ3) is 5.05. The summed E-state index contributed by atoms with van der Waals surface area (Å²) in [6.45, 7) is 2.04. The highest BCUT2D eigenvalue weighted by atomic mass is 32.1. The lowest BCUT2D eigenvalue weighted by Gasteiger charge is -2.12. The maximum absolute atomic E-state index is 11.5. The highest BCUT2D eigenvalue weighted by molar-refractivity contribution is 7.80. The van der Waals surface area contributed by atoms with E-state index in [4.69, 9.17) is 21.7 Å². The topological polar surface area (TPSA) is 59.6 Å². The molecule has 0 aliphatic rings. The standard InChI is InChI=1S/C14H20N2O3S/c1-4-5-6-13(17)16-14(20)15-10-7-8-11(18-2)12(9-10)19-3/h7-9H,4-6H2,1-3H3,(H2,15,16,17,20). The van der Waals surface area contributed by atoms with Crippen LogP contribution in [0.1, 0.15) is 26.2 Å². The zero-order chi connectivity index (χ0) is 15.0. The third-order valence-electron chi connectivity index (χ3n) is 2.65. The number of nitrogens with one attached hydrogen (secondary N) is 2. The van der Waals surface area contributed by atoms with Crippen molar-refractivity contribution in [3.63, 3.8) is 0 Å². The van der Waals surface area contributed by atoms with Crippen molar-refractivity contribution in [2.45, 2.75) is 26.2 Å². The molecule has 2 N–H and O–H groups in total. The number of ether oxygens (including phenoxy) is 2. The van der Waals surface area contributed by atoms with Gasteiger partial charge in [-0.05, 0) is 30.8 Å². The fraction of sp³-hybridized carbons (Fsp3) is 0.429. The van der Waals surface area contributed by atoms with E-state index in [9.17, 15) is 4.79 Å².